The van der Waals surface area contributed by atoms with Crippen molar-refractivity contribution >= 4 is 0 Å². The fourth-order valence-corrected chi connectivity index (χ4v) is 5.00. The molecular weight excluding hydrogens is 216 g/mol. The van der Waals surface area contributed by atoms with Crippen LogP contribution in [0, 0.1) is 23.2 Å². The molecule has 0 spiro atoms. The van der Waals surface area contributed by atoms with Gasteiger partial charge in [0.1, 0.15) is 0 Å². The van der Waals surface area contributed by atoms with Crippen LogP contribution in [0.3, 0.4) is 0 Å². The van der Waals surface area contributed by atoms with E-state index in [4.69, 9.17) is 0 Å². The lowest BCUT2D eigenvalue weighted by atomic mass is 9.70. The maximum atomic E-state index is 4.13. The van der Waals surface area contributed by atoms with E-state index in [1.165, 1.54) is 19.3 Å². The minimum Gasteiger partial charge on any atom is -0.103 e. The summed E-state index contributed by atoms with van der Waals surface area (Å²) in [5.41, 5.74) is 1.91. The van der Waals surface area contributed by atoms with Gasteiger partial charge in [0.2, 0.25) is 0 Å². The van der Waals surface area contributed by atoms with Crippen LogP contribution in [0.15, 0.2) is 43.0 Å². The standard InChI is InChI=1S/C18H24/c1-4-16-14-11-8-12-15(14)17(18(16,2)3)13-9-6-5-7-10-13/h4-7,9-10,14-17H,1,8,11-12H2,2-3H3. The van der Waals surface area contributed by atoms with Crippen LogP contribution in [0.4, 0.5) is 0 Å². The van der Waals surface area contributed by atoms with Gasteiger partial charge in [0, 0.05) is 0 Å². The molecule has 2 aliphatic rings. The third kappa shape index (κ3) is 1.58. The Bertz CT molecular complexity index is 429. The molecule has 2 fully saturated rings. The molecule has 0 nitrogen and oxygen atoms in total. The van der Waals surface area contributed by atoms with E-state index in [-0.39, 0.29) is 0 Å². The van der Waals surface area contributed by atoms with Gasteiger partial charge in [0.15, 0.2) is 0 Å². The van der Waals surface area contributed by atoms with Crippen LogP contribution < -0.4 is 0 Å². The van der Waals surface area contributed by atoms with E-state index in [0.29, 0.717) is 17.3 Å². The molecule has 0 saturated heterocycles. The van der Waals surface area contributed by atoms with Crippen LogP contribution in [0.5, 0.6) is 0 Å². The van der Waals surface area contributed by atoms with Crippen molar-refractivity contribution in [1.82, 2.24) is 0 Å². The number of rotatable bonds is 2. The van der Waals surface area contributed by atoms with Crippen molar-refractivity contribution in [2.24, 2.45) is 23.2 Å². The molecular formula is C18H24. The first kappa shape index (κ1) is 12.0. The molecule has 0 heterocycles. The summed E-state index contributed by atoms with van der Waals surface area (Å²) in [7, 11) is 0. The zero-order chi connectivity index (χ0) is 12.8. The average Bonchev–Trinajstić information content (AvgIpc) is 2.86. The van der Waals surface area contributed by atoms with Crippen LogP contribution in [0.2, 0.25) is 0 Å². The first-order chi connectivity index (χ1) is 8.66. The number of benzene rings is 1. The van der Waals surface area contributed by atoms with Gasteiger partial charge in [0.05, 0.1) is 0 Å². The topological polar surface area (TPSA) is 0 Å². The summed E-state index contributed by atoms with van der Waals surface area (Å²) in [6, 6.07) is 11.2. The monoisotopic (exact) mass is 240 g/mol. The van der Waals surface area contributed by atoms with E-state index in [0.717, 1.165) is 11.8 Å². The van der Waals surface area contributed by atoms with Crippen LogP contribution in [-0.4, -0.2) is 0 Å². The van der Waals surface area contributed by atoms with Gasteiger partial charge in [0.25, 0.3) is 0 Å². The first-order valence-corrected chi connectivity index (χ1v) is 7.33. The van der Waals surface area contributed by atoms with E-state index >= 15 is 0 Å². The minimum absolute atomic E-state index is 0.360. The predicted octanol–water partition coefficient (Wildman–Crippen LogP) is 5.03. The lowest BCUT2D eigenvalue weighted by Crippen LogP contribution is -2.25. The molecule has 1 aromatic rings. The lowest BCUT2D eigenvalue weighted by molar-refractivity contribution is 0.238. The molecule has 2 aliphatic carbocycles. The highest BCUT2D eigenvalue weighted by Gasteiger charge is 2.55. The highest BCUT2D eigenvalue weighted by molar-refractivity contribution is 5.28. The van der Waals surface area contributed by atoms with Crippen molar-refractivity contribution in [2.75, 3.05) is 0 Å². The smallest absolute Gasteiger partial charge is 0.00737 e. The number of fused-ring (bicyclic) bond motifs is 1. The molecule has 0 amide bonds. The van der Waals surface area contributed by atoms with Crippen molar-refractivity contribution in [2.45, 2.75) is 39.0 Å². The minimum atomic E-state index is 0.360. The fraction of sp³-hybridized carbons (Fsp3) is 0.556. The summed E-state index contributed by atoms with van der Waals surface area (Å²) in [5, 5.41) is 0. The Labute approximate surface area is 111 Å². The Hall–Kier alpha value is -1.04. The van der Waals surface area contributed by atoms with Gasteiger partial charge < -0.3 is 0 Å². The summed E-state index contributed by atoms with van der Waals surface area (Å²) in [6.07, 6.45) is 6.48. The molecule has 0 radical (unpaired) electrons. The molecule has 0 aromatic heterocycles. The molecule has 0 aliphatic heterocycles. The second kappa shape index (κ2) is 4.26. The largest absolute Gasteiger partial charge is 0.103 e. The summed E-state index contributed by atoms with van der Waals surface area (Å²) < 4.78 is 0. The predicted molar refractivity (Wildman–Crippen MR) is 77.5 cm³/mol. The first-order valence-electron chi connectivity index (χ1n) is 7.33. The van der Waals surface area contributed by atoms with E-state index in [1.807, 2.05) is 0 Å². The van der Waals surface area contributed by atoms with E-state index in [9.17, 15) is 0 Å². The third-order valence-corrected chi connectivity index (χ3v) is 5.59. The second-order valence-corrected chi connectivity index (χ2v) is 6.73. The highest BCUT2D eigenvalue weighted by atomic mass is 14.6. The molecule has 18 heavy (non-hydrogen) atoms. The Morgan fingerprint density at radius 3 is 2.44 bits per heavy atom. The molecule has 0 N–H and O–H groups in total. The molecule has 1 aromatic carbocycles. The molecule has 4 unspecified atom stereocenters. The molecule has 0 heteroatoms. The summed E-state index contributed by atoms with van der Waals surface area (Å²) >= 11 is 0. The number of hydrogen-bond donors (Lipinski definition) is 0. The summed E-state index contributed by atoms with van der Waals surface area (Å²) in [6.45, 7) is 9.03. The van der Waals surface area contributed by atoms with Crippen molar-refractivity contribution in [3.63, 3.8) is 0 Å². The van der Waals surface area contributed by atoms with Gasteiger partial charge in [-0.3, -0.25) is 0 Å². The zero-order valence-electron chi connectivity index (χ0n) is 11.6. The fourth-order valence-electron chi connectivity index (χ4n) is 5.00. The Balaban J connectivity index is 2.04. The van der Waals surface area contributed by atoms with Crippen LogP contribution in [0.1, 0.15) is 44.6 Å². The second-order valence-electron chi connectivity index (χ2n) is 6.73. The maximum absolute atomic E-state index is 4.13. The van der Waals surface area contributed by atoms with Crippen molar-refractivity contribution < 1.29 is 0 Å². The van der Waals surface area contributed by atoms with Crippen molar-refractivity contribution in [3.8, 4) is 0 Å². The molecule has 3 rings (SSSR count). The van der Waals surface area contributed by atoms with Gasteiger partial charge in [-0.1, -0.05) is 56.7 Å². The van der Waals surface area contributed by atoms with Crippen molar-refractivity contribution in [1.29, 1.82) is 0 Å². The Morgan fingerprint density at radius 2 is 1.78 bits per heavy atom. The van der Waals surface area contributed by atoms with Crippen LogP contribution >= 0.6 is 0 Å². The Morgan fingerprint density at radius 1 is 1.11 bits per heavy atom. The summed E-state index contributed by atoms with van der Waals surface area (Å²) in [5.74, 6) is 3.16. The zero-order valence-corrected chi connectivity index (χ0v) is 11.6. The maximum Gasteiger partial charge on any atom is -0.00737 e. The van der Waals surface area contributed by atoms with Crippen LogP contribution in [0.25, 0.3) is 0 Å². The van der Waals surface area contributed by atoms with Gasteiger partial charge in [-0.2, -0.15) is 0 Å². The van der Waals surface area contributed by atoms with Gasteiger partial charge >= 0.3 is 0 Å². The molecule has 2 saturated carbocycles. The molecule has 0 bridgehead atoms. The van der Waals surface area contributed by atoms with E-state index < -0.39 is 0 Å². The van der Waals surface area contributed by atoms with Gasteiger partial charge in [-0.25, -0.2) is 0 Å². The average molecular weight is 240 g/mol. The lowest BCUT2D eigenvalue weighted by Gasteiger charge is -2.34. The van der Waals surface area contributed by atoms with E-state index in [2.05, 4.69) is 56.8 Å². The summed E-state index contributed by atoms with van der Waals surface area (Å²) in [4.78, 5) is 0. The van der Waals surface area contributed by atoms with Gasteiger partial charge in [-0.15, -0.1) is 6.58 Å². The normalized spacial score (nSPS) is 37.4. The van der Waals surface area contributed by atoms with Crippen LogP contribution in [-0.2, 0) is 0 Å². The van der Waals surface area contributed by atoms with E-state index in [1.54, 1.807) is 5.56 Å². The van der Waals surface area contributed by atoms with Crippen molar-refractivity contribution in [3.05, 3.63) is 48.6 Å². The highest BCUT2D eigenvalue weighted by Crippen LogP contribution is 2.63. The molecule has 4 atom stereocenters. The number of allylic oxidation sites excluding steroid dienone is 1. The quantitative estimate of drug-likeness (QED) is 0.636. The third-order valence-electron chi connectivity index (χ3n) is 5.59. The Kier molecular flexibility index (Phi) is 2.84. The number of hydrogen-bond acceptors (Lipinski definition) is 0. The SMILES string of the molecule is C=CC1C2CCCC2C(c2ccccc2)C1(C)C. The molecule has 96 valence electrons. The van der Waals surface area contributed by atoms with Gasteiger partial charge in [-0.05, 0) is 47.5 Å².